The summed E-state index contributed by atoms with van der Waals surface area (Å²) >= 11 is 0. The van der Waals surface area contributed by atoms with Crippen molar-refractivity contribution in [3.05, 3.63) is 6.92 Å². The molecule has 12 heavy (non-hydrogen) atoms. The molecule has 0 amide bonds. The van der Waals surface area contributed by atoms with Crippen LogP contribution in [0, 0.1) is 6.92 Å². The molecule has 3 nitrogen and oxygen atoms in total. The lowest BCUT2D eigenvalue weighted by atomic mass is 10.2. The first kappa shape index (κ1) is 11.4. The van der Waals surface area contributed by atoms with Crippen LogP contribution in [0.25, 0.3) is 0 Å². The van der Waals surface area contributed by atoms with Crippen molar-refractivity contribution in [1.82, 2.24) is 5.32 Å². The van der Waals surface area contributed by atoms with Gasteiger partial charge in [0.2, 0.25) is 0 Å². The molecule has 0 saturated heterocycles. The van der Waals surface area contributed by atoms with Gasteiger partial charge in [-0.1, -0.05) is 0 Å². The molecule has 0 rings (SSSR count). The van der Waals surface area contributed by atoms with Crippen LogP contribution < -0.4 is 5.32 Å². The molecule has 0 aromatic heterocycles. The Labute approximate surface area is 74.5 Å². The van der Waals surface area contributed by atoms with Crippen molar-refractivity contribution in [2.75, 3.05) is 13.1 Å². The first-order valence-corrected chi connectivity index (χ1v) is 4.17. The maximum atomic E-state index is 11.1. The van der Waals surface area contributed by atoms with E-state index >= 15 is 0 Å². The predicted octanol–water partition coefficient (Wildman–Crippen LogP) is 1.14. The second-order valence-corrected chi connectivity index (χ2v) is 3.59. The van der Waals surface area contributed by atoms with Crippen molar-refractivity contribution in [1.29, 1.82) is 0 Å². The highest BCUT2D eigenvalue weighted by atomic mass is 16.6. The number of esters is 1. The molecule has 1 N–H and O–H groups in total. The van der Waals surface area contributed by atoms with E-state index in [1.165, 1.54) is 0 Å². The monoisotopic (exact) mass is 172 g/mol. The highest BCUT2D eigenvalue weighted by Crippen LogP contribution is 2.07. The SMILES string of the molecule is [CH2]CNCCC(=O)OC(C)(C)C. The molecule has 0 saturated carbocycles. The lowest BCUT2D eigenvalue weighted by Gasteiger charge is -2.19. The number of hydrogen-bond acceptors (Lipinski definition) is 3. The molecule has 0 bridgehead atoms. The lowest BCUT2D eigenvalue weighted by Crippen LogP contribution is -2.26. The van der Waals surface area contributed by atoms with Crippen LogP contribution in [-0.2, 0) is 9.53 Å². The van der Waals surface area contributed by atoms with Crippen LogP contribution >= 0.6 is 0 Å². The van der Waals surface area contributed by atoms with Crippen molar-refractivity contribution >= 4 is 5.97 Å². The Morgan fingerprint density at radius 2 is 2.08 bits per heavy atom. The Balaban J connectivity index is 3.47. The van der Waals surface area contributed by atoms with Crippen LogP contribution in [0.1, 0.15) is 27.2 Å². The van der Waals surface area contributed by atoms with Crippen LogP contribution in [-0.4, -0.2) is 24.7 Å². The zero-order valence-corrected chi connectivity index (χ0v) is 8.14. The number of nitrogens with one attached hydrogen (secondary N) is 1. The summed E-state index contributed by atoms with van der Waals surface area (Å²) in [5.74, 6) is -0.163. The van der Waals surface area contributed by atoms with Gasteiger partial charge in [-0.05, 0) is 34.2 Å². The van der Waals surface area contributed by atoms with Crippen LogP contribution in [0.15, 0.2) is 0 Å². The van der Waals surface area contributed by atoms with Gasteiger partial charge in [0.25, 0.3) is 0 Å². The van der Waals surface area contributed by atoms with Crippen LogP contribution in [0.2, 0.25) is 0 Å². The molecule has 3 heteroatoms. The molecule has 0 heterocycles. The summed E-state index contributed by atoms with van der Waals surface area (Å²) in [7, 11) is 0. The summed E-state index contributed by atoms with van der Waals surface area (Å²) in [6, 6.07) is 0. The topological polar surface area (TPSA) is 38.3 Å². The maximum absolute atomic E-state index is 11.1. The summed E-state index contributed by atoms with van der Waals surface area (Å²) < 4.78 is 5.08. The Hall–Kier alpha value is -0.570. The third kappa shape index (κ3) is 7.54. The van der Waals surface area contributed by atoms with Gasteiger partial charge in [-0.3, -0.25) is 4.79 Å². The average Bonchev–Trinajstić information content (AvgIpc) is 1.84. The van der Waals surface area contributed by atoms with Crippen molar-refractivity contribution in [3.8, 4) is 0 Å². The van der Waals surface area contributed by atoms with Crippen molar-refractivity contribution in [2.24, 2.45) is 0 Å². The zero-order valence-electron chi connectivity index (χ0n) is 8.14. The number of ether oxygens (including phenoxy) is 1. The molecule has 0 unspecified atom stereocenters. The fourth-order valence-electron chi connectivity index (χ4n) is 0.708. The fourth-order valence-corrected chi connectivity index (χ4v) is 0.708. The molecular weight excluding hydrogens is 154 g/mol. The van der Waals surface area contributed by atoms with Gasteiger partial charge in [0.1, 0.15) is 5.60 Å². The summed E-state index contributed by atoms with van der Waals surface area (Å²) in [5, 5.41) is 2.95. The summed E-state index contributed by atoms with van der Waals surface area (Å²) in [6.07, 6.45) is 0.410. The number of carbonyl (C=O) groups is 1. The molecule has 0 aromatic rings. The van der Waals surface area contributed by atoms with Gasteiger partial charge >= 0.3 is 5.97 Å². The quantitative estimate of drug-likeness (QED) is 0.510. The van der Waals surface area contributed by atoms with Crippen LogP contribution in [0.3, 0.4) is 0 Å². The second kappa shape index (κ2) is 5.14. The Kier molecular flexibility index (Phi) is 4.90. The van der Waals surface area contributed by atoms with Crippen molar-refractivity contribution < 1.29 is 9.53 Å². The minimum atomic E-state index is -0.373. The third-order valence-corrected chi connectivity index (χ3v) is 1.10. The molecule has 0 atom stereocenters. The van der Waals surface area contributed by atoms with E-state index in [1.54, 1.807) is 0 Å². The largest absolute Gasteiger partial charge is 0.460 e. The third-order valence-electron chi connectivity index (χ3n) is 1.10. The number of rotatable bonds is 4. The van der Waals surface area contributed by atoms with E-state index in [0.717, 1.165) is 0 Å². The normalized spacial score (nSPS) is 11.3. The van der Waals surface area contributed by atoms with Gasteiger partial charge in [0.05, 0.1) is 6.42 Å². The van der Waals surface area contributed by atoms with E-state index in [-0.39, 0.29) is 11.6 Å². The molecule has 0 aromatic carbocycles. The van der Waals surface area contributed by atoms with E-state index in [4.69, 9.17) is 4.74 Å². The standard InChI is InChI=1S/C9H18NO2/c1-5-10-7-6-8(11)12-9(2,3)4/h10H,1,5-7H2,2-4H3. The van der Waals surface area contributed by atoms with E-state index in [1.807, 2.05) is 20.8 Å². The molecule has 0 aliphatic rings. The minimum absolute atomic E-state index is 0.163. The van der Waals surface area contributed by atoms with Gasteiger partial charge in [-0.15, -0.1) is 0 Å². The highest BCUT2D eigenvalue weighted by molar-refractivity contribution is 5.70. The van der Waals surface area contributed by atoms with E-state index in [0.29, 0.717) is 19.5 Å². The summed E-state index contributed by atoms with van der Waals surface area (Å²) in [4.78, 5) is 11.1. The Bertz CT molecular complexity index is 138. The predicted molar refractivity (Wildman–Crippen MR) is 48.7 cm³/mol. The van der Waals surface area contributed by atoms with Crippen LogP contribution in [0.4, 0.5) is 0 Å². The summed E-state index contributed by atoms with van der Waals surface area (Å²) in [5.41, 5.74) is -0.373. The lowest BCUT2D eigenvalue weighted by molar-refractivity contribution is -0.154. The van der Waals surface area contributed by atoms with E-state index in [9.17, 15) is 4.79 Å². The average molecular weight is 172 g/mol. The fraction of sp³-hybridized carbons (Fsp3) is 0.778. The van der Waals surface area contributed by atoms with Crippen molar-refractivity contribution in [2.45, 2.75) is 32.8 Å². The van der Waals surface area contributed by atoms with E-state index < -0.39 is 0 Å². The molecular formula is C9H18NO2. The highest BCUT2D eigenvalue weighted by Gasteiger charge is 2.15. The molecule has 0 fully saturated rings. The molecule has 1 radical (unpaired) electrons. The Morgan fingerprint density at radius 3 is 2.50 bits per heavy atom. The molecule has 0 spiro atoms. The second-order valence-electron chi connectivity index (χ2n) is 3.59. The smallest absolute Gasteiger partial charge is 0.307 e. The van der Waals surface area contributed by atoms with Gasteiger partial charge < -0.3 is 10.1 Å². The number of carbonyl (C=O) groups excluding carboxylic acids is 1. The first-order valence-electron chi connectivity index (χ1n) is 4.17. The van der Waals surface area contributed by atoms with Crippen molar-refractivity contribution in [3.63, 3.8) is 0 Å². The molecule has 0 aliphatic carbocycles. The van der Waals surface area contributed by atoms with Crippen LogP contribution in [0.5, 0.6) is 0 Å². The first-order chi connectivity index (χ1) is 5.45. The maximum Gasteiger partial charge on any atom is 0.307 e. The molecule has 0 aliphatic heterocycles. The number of hydrogen-bond donors (Lipinski definition) is 1. The summed E-state index contributed by atoms with van der Waals surface area (Å²) in [6.45, 7) is 10.5. The van der Waals surface area contributed by atoms with Gasteiger partial charge in [0.15, 0.2) is 0 Å². The zero-order chi connectivity index (χ0) is 9.61. The Morgan fingerprint density at radius 1 is 1.50 bits per heavy atom. The van der Waals surface area contributed by atoms with Gasteiger partial charge in [-0.25, -0.2) is 0 Å². The van der Waals surface area contributed by atoms with Gasteiger partial charge in [-0.2, -0.15) is 0 Å². The minimum Gasteiger partial charge on any atom is -0.460 e. The van der Waals surface area contributed by atoms with E-state index in [2.05, 4.69) is 12.2 Å². The van der Waals surface area contributed by atoms with Gasteiger partial charge in [0, 0.05) is 6.54 Å². The molecule has 71 valence electrons.